The van der Waals surface area contributed by atoms with Crippen LogP contribution in [-0.2, 0) is 36.8 Å². The number of carboxylic acids is 1. The summed E-state index contributed by atoms with van der Waals surface area (Å²) >= 11 is 1.43. The molecule has 13 heteroatoms. The average molecular weight is 574 g/mol. The van der Waals surface area contributed by atoms with Crippen LogP contribution in [0.3, 0.4) is 0 Å². The third-order valence-corrected chi connectivity index (χ3v) is 6.55. The molecule has 2 aromatic rings. The molecule has 216 valence electrons. The zero-order chi connectivity index (χ0) is 29.7. The molecule has 0 aliphatic carbocycles. The minimum Gasteiger partial charge on any atom is -0.508 e. The molecule has 2 aromatic carbocycles. The lowest BCUT2D eigenvalue weighted by atomic mass is 10.0. The molecule has 0 aromatic heterocycles. The number of thioether (sulfide) groups is 1. The number of hydrogen-bond donors (Lipinski definition) is 7. The Bertz CT molecular complexity index is 1160. The fraction of sp³-hybridized carbons (Fsp3) is 0.370. The van der Waals surface area contributed by atoms with Crippen LogP contribution in [0.25, 0.3) is 0 Å². The van der Waals surface area contributed by atoms with Gasteiger partial charge in [-0.05, 0) is 41.7 Å². The molecule has 0 radical (unpaired) electrons. The number of aromatic hydroxyl groups is 1. The van der Waals surface area contributed by atoms with E-state index < -0.39 is 60.2 Å². The van der Waals surface area contributed by atoms with Gasteiger partial charge in [-0.1, -0.05) is 42.5 Å². The lowest BCUT2D eigenvalue weighted by Gasteiger charge is -2.25. The number of nitrogens with one attached hydrogen (secondary N) is 3. The van der Waals surface area contributed by atoms with E-state index in [4.69, 9.17) is 11.5 Å². The van der Waals surface area contributed by atoms with Crippen LogP contribution in [0.1, 0.15) is 24.0 Å². The Kier molecular flexibility index (Phi) is 12.9. The van der Waals surface area contributed by atoms with E-state index in [1.165, 1.54) is 23.9 Å². The summed E-state index contributed by atoms with van der Waals surface area (Å²) in [6, 6.07) is 9.90. The third kappa shape index (κ3) is 10.9. The van der Waals surface area contributed by atoms with Crippen molar-refractivity contribution in [3.63, 3.8) is 0 Å². The Hall–Kier alpha value is -4.10. The number of phenolic OH excluding ortho intramolecular Hbond substituents is 1. The number of carbonyl (C=O) groups excluding carboxylic acids is 4. The minimum absolute atomic E-state index is 0.00901. The first-order valence-corrected chi connectivity index (χ1v) is 13.9. The Morgan fingerprint density at radius 2 is 1.32 bits per heavy atom. The lowest BCUT2D eigenvalue weighted by molar-refractivity contribution is -0.142. The third-order valence-electron chi connectivity index (χ3n) is 5.91. The van der Waals surface area contributed by atoms with Crippen molar-refractivity contribution in [1.82, 2.24) is 16.0 Å². The molecule has 4 atom stereocenters. The summed E-state index contributed by atoms with van der Waals surface area (Å²) in [7, 11) is 0. The number of phenols is 1. The number of amides is 4. The van der Waals surface area contributed by atoms with Gasteiger partial charge in [0.1, 0.15) is 23.9 Å². The molecule has 0 spiro atoms. The Morgan fingerprint density at radius 3 is 1.90 bits per heavy atom. The zero-order valence-electron chi connectivity index (χ0n) is 22.0. The van der Waals surface area contributed by atoms with E-state index in [0.717, 1.165) is 0 Å². The van der Waals surface area contributed by atoms with Crippen molar-refractivity contribution in [2.75, 3.05) is 12.0 Å². The molecule has 0 fully saturated rings. The number of nitrogens with two attached hydrogens (primary N) is 2. The van der Waals surface area contributed by atoms with Crippen LogP contribution < -0.4 is 27.4 Å². The molecule has 0 bridgehead atoms. The maximum Gasteiger partial charge on any atom is 0.326 e. The van der Waals surface area contributed by atoms with Crippen molar-refractivity contribution < 1.29 is 34.2 Å². The predicted molar refractivity (Wildman–Crippen MR) is 150 cm³/mol. The zero-order valence-corrected chi connectivity index (χ0v) is 22.9. The van der Waals surface area contributed by atoms with E-state index in [1.54, 1.807) is 42.5 Å². The van der Waals surface area contributed by atoms with Gasteiger partial charge in [0.05, 0.1) is 12.5 Å². The van der Waals surface area contributed by atoms with E-state index in [2.05, 4.69) is 16.0 Å². The van der Waals surface area contributed by atoms with Gasteiger partial charge in [-0.2, -0.15) is 11.8 Å². The first-order valence-electron chi connectivity index (χ1n) is 12.5. The highest BCUT2D eigenvalue weighted by molar-refractivity contribution is 7.98. The number of hydrogen-bond acceptors (Lipinski definition) is 8. The number of primary amides is 1. The van der Waals surface area contributed by atoms with Gasteiger partial charge in [-0.3, -0.25) is 19.2 Å². The maximum absolute atomic E-state index is 13.3. The predicted octanol–water partition coefficient (Wildman–Crippen LogP) is -0.328. The highest BCUT2D eigenvalue weighted by Gasteiger charge is 2.30. The Labute approximate surface area is 236 Å². The number of rotatable bonds is 16. The van der Waals surface area contributed by atoms with Crippen LogP contribution in [0.4, 0.5) is 0 Å². The number of carboxylic acid groups (broad SMARTS) is 1. The van der Waals surface area contributed by atoms with Crippen molar-refractivity contribution in [1.29, 1.82) is 0 Å². The van der Waals surface area contributed by atoms with Crippen LogP contribution in [0, 0.1) is 0 Å². The second kappa shape index (κ2) is 16.1. The number of carbonyl (C=O) groups is 5. The molecular weight excluding hydrogens is 538 g/mol. The average Bonchev–Trinajstić information content (AvgIpc) is 2.91. The monoisotopic (exact) mass is 573 g/mol. The van der Waals surface area contributed by atoms with Gasteiger partial charge >= 0.3 is 5.97 Å². The highest BCUT2D eigenvalue weighted by atomic mass is 32.2. The molecular formula is C27H35N5O7S. The summed E-state index contributed by atoms with van der Waals surface area (Å²) < 4.78 is 0. The van der Waals surface area contributed by atoms with Gasteiger partial charge in [0, 0.05) is 12.8 Å². The molecule has 0 aliphatic heterocycles. The highest BCUT2D eigenvalue weighted by Crippen LogP contribution is 2.13. The Balaban J connectivity index is 2.25. The summed E-state index contributed by atoms with van der Waals surface area (Å²) in [4.78, 5) is 62.2. The van der Waals surface area contributed by atoms with Crippen molar-refractivity contribution in [2.45, 2.75) is 49.9 Å². The molecule has 0 saturated heterocycles. The summed E-state index contributed by atoms with van der Waals surface area (Å²) in [6.45, 7) is 0. The molecule has 0 heterocycles. The van der Waals surface area contributed by atoms with Gasteiger partial charge in [-0.15, -0.1) is 0 Å². The van der Waals surface area contributed by atoms with E-state index in [-0.39, 0.29) is 25.0 Å². The Morgan fingerprint density at radius 1 is 0.800 bits per heavy atom. The van der Waals surface area contributed by atoms with Gasteiger partial charge in [-0.25, -0.2) is 4.79 Å². The standard InChI is InChI=1S/C27H35N5O7S/c1-40-12-11-20(30-24(35)19(28)15-23(29)34)25(36)31-21(13-17-7-9-18(33)10-8-17)26(37)32-22(27(38)39)14-16-5-3-2-4-6-16/h2-10,19-22,33H,11-15,28H2,1H3,(H2,29,34)(H,30,35)(H,31,36)(H,32,37)(H,38,39). The quantitative estimate of drug-likeness (QED) is 0.140. The lowest BCUT2D eigenvalue weighted by Crippen LogP contribution is -2.58. The van der Waals surface area contributed by atoms with Crippen LogP contribution in [0.2, 0.25) is 0 Å². The summed E-state index contributed by atoms with van der Waals surface area (Å²) in [5.74, 6) is -3.73. The normalized spacial score (nSPS) is 13.8. The van der Waals surface area contributed by atoms with Crippen LogP contribution in [0.15, 0.2) is 54.6 Å². The van der Waals surface area contributed by atoms with Crippen LogP contribution in [-0.4, -0.2) is 76.0 Å². The SMILES string of the molecule is CSCCC(NC(=O)C(N)CC(N)=O)C(=O)NC(Cc1ccc(O)cc1)C(=O)NC(Cc1ccccc1)C(=O)O. The van der Waals surface area contributed by atoms with E-state index in [0.29, 0.717) is 16.9 Å². The second-order valence-corrected chi connectivity index (χ2v) is 10.1. The summed E-state index contributed by atoms with van der Waals surface area (Å²) in [6.07, 6.45) is 1.59. The first kappa shape index (κ1) is 32.1. The topological polar surface area (TPSA) is 214 Å². The minimum atomic E-state index is -1.27. The first-order chi connectivity index (χ1) is 19.0. The smallest absolute Gasteiger partial charge is 0.326 e. The number of benzene rings is 2. The summed E-state index contributed by atoms with van der Waals surface area (Å²) in [5.41, 5.74) is 12.1. The van der Waals surface area contributed by atoms with Gasteiger partial charge in [0.25, 0.3) is 0 Å². The van der Waals surface area contributed by atoms with Gasteiger partial charge < -0.3 is 37.6 Å². The molecule has 2 rings (SSSR count). The molecule has 40 heavy (non-hydrogen) atoms. The van der Waals surface area contributed by atoms with Gasteiger partial charge in [0.15, 0.2) is 0 Å². The fourth-order valence-electron chi connectivity index (χ4n) is 3.76. The molecule has 4 amide bonds. The largest absolute Gasteiger partial charge is 0.508 e. The van der Waals surface area contributed by atoms with E-state index >= 15 is 0 Å². The van der Waals surface area contributed by atoms with Crippen LogP contribution in [0.5, 0.6) is 5.75 Å². The second-order valence-electron chi connectivity index (χ2n) is 9.14. The summed E-state index contributed by atoms with van der Waals surface area (Å²) in [5, 5.41) is 27.0. The fourth-order valence-corrected chi connectivity index (χ4v) is 4.24. The molecule has 9 N–H and O–H groups in total. The molecule has 0 saturated carbocycles. The number of aliphatic carboxylic acids is 1. The van der Waals surface area contributed by atoms with Gasteiger partial charge in [0.2, 0.25) is 23.6 Å². The van der Waals surface area contributed by atoms with Crippen LogP contribution >= 0.6 is 11.8 Å². The molecule has 0 aliphatic rings. The van der Waals surface area contributed by atoms with Crippen molar-refractivity contribution in [3.8, 4) is 5.75 Å². The van der Waals surface area contributed by atoms with E-state index in [9.17, 15) is 34.2 Å². The van der Waals surface area contributed by atoms with Crippen molar-refractivity contribution in [3.05, 3.63) is 65.7 Å². The van der Waals surface area contributed by atoms with Crippen molar-refractivity contribution in [2.24, 2.45) is 11.5 Å². The maximum atomic E-state index is 13.3. The van der Waals surface area contributed by atoms with Crippen molar-refractivity contribution >= 4 is 41.4 Å². The molecule has 12 nitrogen and oxygen atoms in total. The van der Waals surface area contributed by atoms with E-state index in [1.807, 2.05) is 6.26 Å². The molecule has 4 unspecified atom stereocenters.